The Hall–Kier alpha value is -2.77. The molecule has 0 atom stereocenters. The van der Waals surface area contributed by atoms with E-state index in [-0.39, 0.29) is 12.2 Å². The monoisotopic (exact) mass is 412 g/mol. The third-order valence-electron chi connectivity index (χ3n) is 5.61. The van der Waals surface area contributed by atoms with Gasteiger partial charge in [0.25, 0.3) is 5.91 Å². The lowest BCUT2D eigenvalue weighted by atomic mass is 9.93. The van der Waals surface area contributed by atoms with Crippen molar-refractivity contribution < 1.29 is 23.7 Å². The minimum Gasteiger partial charge on any atom is -0.493 e. The molecule has 2 N–H and O–H groups in total. The lowest BCUT2D eigenvalue weighted by Crippen LogP contribution is -2.49. The highest BCUT2D eigenvalue weighted by Crippen LogP contribution is 2.36. The van der Waals surface area contributed by atoms with E-state index in [2.05, 4.69) is 23.1 Å². The molecule has 2 aliphatic rings. The molecule has 0 bridgehead atoms. The Balaban J connectivity index is 1.56. The van der Waals surface area contributed by atoms with Crippen LogP contribution in [0.4, 0.5) is 0 Å². The lowest BCUT2D eigenvalue weighted by Gasteiger charge is -2.39. The lowest BCUT2D eigenvalue weighted by molar-refractivity contribution is -0.119. The summed E-state index contributed by atoms with van der Waals surface area (Å²) in [6.45, 7) is 3.63. The average Bonchev–Trinajstić information content (AvgIpc) is 2.88. The number of ether oxygens (including phenoxy) is 4. The van der Waals surface area contributed by atoms with E-state index in [4.69, 9.17) is 24.7 Å². The van der Waals surface area contributed by atoms with Crippen molar-refractivity contribution >= 4 is 5.91 Å². The second-order valence-corrected chi connectivity index (χ2v) is 7.89. The topological polar surface area (TPSA) is 83.2 Å². The van der Waals surface area contributed by atoms with Gasteiger partial charge in [-0.3, -0.25) is 9.69 Å². The second kappa shape index (κ2) is 8.93. The van der Waals surface area contributed by atoms with Gasteiger partial charge < -0.3 is 24.7 Å². The standard InChI is InChI=1S/C23H28N2O5/c1-27-21-12-17(6-7-20(21)29-15-22(24)26)13-25-14-18-4-2-3-5-19(18)30-23(16-25)8-10-28-11-9-23/h2-7,12H,8-11,13-16H2,1H3,(H2,24,26). The van der Waals surface area contributed by atoms with E-state index in [1.54, 1.807) is 7.11 Å². The van der Waals surface area contributed by atoms with Crippen molar-refractivity contribution in [2.24, 2.45) is 5.73 Å². The van der Waals surface area contributed by atoms with Crippen molar-refractivity contribution in [2.75, 3.05) is 33.5 Å². The molecule has 1 amide bonds. The zero-order valence-corrected chi connectivity index (χ0v) is 17.3. The number of para-hydroxylation sites is 1. The minimum absolute atomic E-state index is 0.180. The predicted molar refractivity (Wildman–Crippen MR) is 112 cm³/mol. The molecule has 1 saturated heterocycles. The van der Waals surface area contributed by atoms with Crippen molar-refractivity contribution in [1.82, 2.24) is 4.90 Å². The number of nitrogens with zero attached hydrogens (tertiary/aromatic N) is 1. The fourth-order valence-electron chi connectivity index (χ4n) is 4.16. The van der Waals surface area contributed by atoms with Crippen LogP contribution in [0.5, 0.6) is 17.2 Å². The number of benzene rings is 2. The van der Waals surface area contributed by atoms with Crippen molar-refractivity contribution in [3.8, 4) is 17.2 Å². The number of nitrogens with two attached hydrogens (primary N) is 1. The van der Waals surface area contributed by atoms with Crippen LogP contribution in [0.3, 0.4) is 0 Å². The second-order valence-electron chi connectivity index (χ2n) is 7.89. The first-order valence-electron chi connectivity index (χ1n) is 10.2. The molecule has 0 aromatic heterocycles. The highest BCUT2D eigenvalue weighted by Gasteiger charge is 2.39. The molecule has 2 aliphatic heterocycles. The van der Waals surface area contributed by atoms with E-state index in [1.165, 1.54) is 5.56 Å². The van der Waals surface area contributed by atoms with E-state index in [1.807, 2.05) is 24.3 Å². The SMILES string of the molecule is COc1cc(CN2Cc3ccccc3OC3(CCOCC3)C2)ccc1OCC(N)=O. The van der Waals surface area contributed by atoms with Crippen LogP contribution < -0.4 is 19.9 Å². The molecule has 7 heteroatoms. The van der Waals surface area contributed by atoms with Crippen LogP contribution in [0.15, 0.2) is 42.5 Å². The number of methoxy groups -OCH3 is 1. The fourth-order valence-corrected chi connectivity index (χ4v) is 4.16. The molecule has 0 unspecified atom stereocenters. The molecule has 0 radical (unpaired) electrons. The molecular weight excluding hydrogens is 384 g/mol. The van der Waals surface area contributed by atoms with Gasteiger partial charge in [-0.05, 0) is 23.8 Å². The van der Waals surface area contributed by atoms with E-state index < -0.39 is 5.91 Å². The summed E-state index contributed by atoms with van der Waals surface area (Å²) in [5.41, 5.74) is 7.22. The van der Waals surface area contributed by atoms with Crippen molar-refractivity contribution in [3.63, 3.8) is 0 Å². The Bertz CT molecular complexity index is 895. The maximum atomic E-state index is 11.0. The summed E-state index contributed by atoms with van der Waals surface area (Å²) in [6, 6.07) is 14.0. The van der Waals surface area contributed by atoms with E-state index in [9.17, 15) is 4.79 Å². The van der Waals surface area contributed by atoms with Crippen LogP contribution in [0, 0.1) is 0 Å². The normalized spacial score (nSPS) is 18.2. The minimum atomic E-state index is -0.522. The molecule has 30 heavy (non-hydrogen) atoms. The van der Waals surface area contributed by atoms with Crippen LogP contribution in [0.2, 0.25) is 0 Å². The van der Waals surface area contributed by atoms with Gasteiger partial charge >= 0.3 is 0 Å². The number of hydrogen-bond donors (Lipinski definition) is 1. The van der Waals surface area contributed by atoms with Crippen LogP contribution in [0.25, 0.3) is 0 Å². The number of fused-ring (bicyclic) bond motifs is 1. The third kappa shape index (κ3) is 4.68. The number of carbonyl (C=O) groups excluding carboxylic acids is 1. The maximum Gasteiger partial charge on any atom is 0.255 e. The molecule has 0 aliphatic carbocycles. The molecule has 160 valence electrons. The molecule has 2 aromatic rings. The number of carbonyl (C=O) groups is 1. The molecule has 1 fully saturated rings. The summed E-state index contributed by atoms with van der Waals surface area (Å²) in [4.78, 5) is 13.4. The highest BCUT2D eigenvalue weighted by molar-refractivity contribution is 5.75. The van der Waals surface area contributed by atoms with Gasteiger partial charge in [0, 0.05) is 38.0 Å². The Morgan fingerprint density at radius 2 is 1.97 bits per heavy atom. The Morgan fingerprint density at radius 1 is 1.17 bits per heavy atom. The smallest absolute Gasteiger partial charge is 0.255 e. The summed E-state index contributed by atoms with van der Waals surface area (Å²) in [7, 11) is 1.59. The molecule has 2 heterocycles. The maximum absolute atomic E-state index is 11.0. The van der Waals surface area contributed by atoms with Crippen molar-refractivity contribution in [1.29, 1.82) is 0 Å². The largest absolute Gasteiger partial charge is 0.493 e. The highest BCUT2D eigenvalue weighted by atomic mass is 16.5. The van der Waals surface area contributed by atoms with Crippen LogP contribution in [0.1, 0.15) is 24.0 Å². The van der Waals surface area contributed by atoms with Gasteiger partial charge in [0.05, 0.1) is 20.3 Å². The summed E-state index contributed by atoms with van der Waals surface area (Å²) >= 11 is 0. The van der Waals surface area contributed by atoms with Crippen LogP contribution in [-0.2, 0) is 22.6 Å². The number of primary amides is 1. The van der Waals surface area contributed by atoms with Crippen molar-refractivity contribution in [2.45, 2.75) is 31.5 Å². The first kappa shape index (κ1) is 20.5. The van der Waals surface area contributed by atoms with Gasteiger partial charge in [-0.15, -0.1) is 0 Å². The summed E-state index contributed by atoms with van der Waals surface area (Å²) in [5, 5.41) is 0. The van der Waals surface area contributed by atoms with Gasteiger partial charge in [0.15, 0.2) is 18.1 Å². The average molecular weight is 412 g/mol. The zero-order chi connectivity index (χ0) is 21.0. The van der Waals surface area contributed by atoms with Gasteiger partial charge in [0.1, 0.15) is 11.4 Å². The molecule has 2 aromatic carbocycles. The molecule has 7 nitrogen and oxygen atoms in total. The quantitative estimate of drug-likeness (QED) is 0.785. The van der Waals surface area contributed by atoms with Crippen molar-refractivity contribution in [3.05, 3.63) is 53.6 Å². The van der Waals surface area contributed by atoms with Gasteiger partial charge in [-0.1, -0.05) is 24.3 Å². The summed E-state index contributed by atoms with van der Waals surface area (Å²) < 4.78 is 23.1. The third-order valence-corrected chi connectivity index (χ3v) is 5.61. The van der Waals surface area contributed by atoms with E-state index >= 15 is 0 Å². The number of amides is 1. The molecule has 0 saturated carbocycles. The summed E-state index contributed by atoms with van der Waals surface area (Å²) in [5.74, 6) is 1.53. The Kier molecular flexibility index (Phi) is 6.11. The van der Waals surface area contributed by atoms with Gasteiger partial charge in [-0.2, -0.15) is 0 Å². The predicted octanol–water partition coefficient (Wildman–Crippen LogP) is 2.50. The molecular formula is C23H28N2O5. The van der Waals surface area contributed by atoms with E-state index in [0.29, 0.717) is 11.5 Å². The van der Waals surface area contributed by atoms with Crippen LogP contribution >= 0.6 is 0 Å². The Labute approximate surface area is 176 Å². The van der Waals surface area contributed by atoms with Crippen LogP contribution in [-0.4, -0.2) is 49.9 Å². The van der Waals surface area contributed by atoms with Gasteiger partial charge in [0.2, 0.25) is 0 Å². The zero-order valence-electron chi connectivity index (χ0n) is 17.3. The van der Waals surface area contributed by atoms with E-state index in [0.717, 1.165) is 57.0 Å². The first-order chi connectivity index (χ1) is 14.6. The Morgan fingerprint density at radius 3 is 2.73 bits per heavy atom. The number of rotatable bonds is 6. The molecule has 1 spiro atoms. The fraction of sp³-hybridized carbons (Fsp3) is 0.435. The van der Waals surface area contributed by atoms with Gasteiger partial charge in [-0.25, -0.2) is 0 Å². The first-order valence-corrected chi connectivity index (χ1v) is 10.2. The summed E-state index contributed by atoms with van der Waals surface area (Å²) in [6.07, 6.45) is 1.75. The number of hydrogen-bond acceptors (Lipinski definition) is 6. The molecule has 4 rings (SSSR count).